The molecule has 0 saturated carbocycles. The van der Waals surface area contributed by atoms with E-state index >= 15 is 0 Å². The van der Waals surface area contributed by atoms with Gasteiger partial charge in [0.15, 0.2) is 0 Å². The molecule has 8 aromatic heterocycles. The zero-order valence-corrected chi connectivity index (χ0v) is 64.7. The van der Waals surface area contributed by atoms with Gasteiger partial charge in [-0.3, -0.25) is 0 Å². The fourth-order valence-electron chi connectivity index (χ4n) is 19.2. The third kappa shape index (κ3) is 9.65. The number of aromatic nitrogens is 3. The van der Waals surface area contributed by atoms with Crippen molar-refractivity contribution in [2.75, 3.05) is 0 Å². The van der Waals surface area contributed by atoms with Gasteiger partial charge in [0.05, 0.1) is 33.1 Å². The highest BCUT2D eigenvalue weighted by Gasteiger charge is 2.37. The van der Waals surface area contributed by atoms with E-state index in [9.17, 15) is 0 Å². The Morgan fingerprint density at radius 1 is 0.230 bits per heavy atom. The SMILES string of the molecule is CC1(C)c2ccccc2-c2cccc(-c3ccc(-n4c5ccccc5c5c6c(ccc54)sc4ccccc46)cc3)c21.c1ccc2c(c1)oc1ccc(-n3c4ccccc4c4c5c(ccc43)sc3ccccc35)cc12.c1ccc2c(c1)sc1c(-c3ccc(-n4c5ccccc5c5c6c(ccc54)sc4ccccc46)cc3)cccc12. The predicted octanol–water partition coefficient (Wildman–Crippen LogP) is 31.4. The number of hydrogen-bond acceptors (Lipinski definition) is 5. The molecule has 0 aliphatic heterocycles. The second-order valence-electron chi connectivity index (χ2n) is 30.4. The molecule has 25 aromatic rings. The third-order valence-corrected chi connectivity index (χ3v) is 28.6. The summed E-state index contributed by atoms with van der Waals surface area (Å²) in [6.07, 6.45) is 0. The molecule has 8 heteroatoms. The molecule has 0 amide bonds. The van der Waals surface area contributed by atoms with Gasteiger partial charge in [-0.15, -0.1) is 45.3 Å². The molecule has 1 aliphatic carbocycles. The summed E-state index contributed by atoms with van der Waals surface area (Å²) in [4.78, 5) is 0. The van der Waals surface area contributed by atoms with Gasteiger partial charge < -0.3 is 18.1 Å². The summed E-state index contributed by atoms with van der Waals surface area (Å²) in [6, 6.07) is 131. The summed E-state index contributed by atoms with van der Waals surface area (Å²) < 4.78 is 24.1. The first-order valence-corrected chi connectivity index (χ1v) is 41.9. The largest absolute Gasteiger partial charge is 0.456 e. The molecule has 0 spiro atoms. The fraction of sp³-hybridized carbons (Fsp3) is 0.0286. The summed E-state index contributed by atoms with van der Waals surface area (Å²) in [7, 11) is 0. The number of nitrogens with zero attached hydrogens (tertiary/aromatic N) is 3. The number of rotatable bonds is 5. The number of hydrogen-bond donors (Lipinski definition) is 0. The smallest absolute Gasteiger partial charge is 0.135 e. The molecule has 113 heavy (non-hydrogen) atoms. The average Bonchev–Trinajstić information content (AvgIpc) is 1.57. The minimum Gasteiger partial charge on any atom is -0.456 e. The average molecular weight is 1510 g/mol. The van der Waals surface area contributed by atoms with E-state index in [1.807, 2.05) is 57.5 Å². The van der Waals surface area contributed by atoms with Crippen LogP contribution in [0.1, 0.15) is 25.0 Å². The van der Waals surface area contributed by atoms with Crippen LogP contribution in [0.25, 0.3) is 218 Å². The van der Waals surface area contributed by atoms with Crippen LogP contribution < -0.4 is 0 Å². The lowest BCUT2D eigenvalue weighted by atomic mass is 9.79. The zero-order valence-electron chi connectivity index (χ0n) is 61.4. The molecule has 0 radical (unpaired) electrons. The van der Waals surface area contributed by atoms with Gasteiger partial charge in [-0.1, -0.05) is 244 Å². The molecule has 1 aliphatic rings. The van der Waals surface area contributed by atoms with E-state index in [-0.39, 0.29) is 5.41 Å². The number of para-hydroxylation sites is 4. The van der Waals surface area contributed by atoms with Crippen LogP contribution in [0.4, 0.5) is 0 Å². The molecular weight excluding hydrogens is 1450 g/mol. The Balaban J connectivity index is 0.0000000988. The minimum atomic E-state index is -0.0390. The lowest BCUT2D eigenvalue weighted by Gasteiger charge is -2.24. The van der Waals surface area contributed by atoms with Crippen molar-refractivity contribution in [1.82, 2.24) is 13.7 Å². The Labute approximate surface area is 665 Å². The van der Waals surface area contributed by atoms with E-state index in [0.29, 0.717) is 0 Å². The van der Waals surface area contributed by atoms with Crippen molar-refractivity contribution in [3.8, 4) is 50.4 Å². The monoisotopic (exact) mass is 1510 g/mol. The van der Waals surface area contributed by atoms with Crippen LogP contribution in [-0.4, -0.2) is 13.7 Å². The lowest BCUT2D eigenvalue weighted by Crippen LogP contribution is -2.16. The quantitative estimate of drug-likeness (QED) is 0.169. The first-order valence-electron chi connectivity index (χ1n) is 38.6. The first kappa shape index (κ1) is 64.6. The predicted molar refractivity (Wildman–Crippen MR) is 490 cm³/mol. The van der Waals surface area contributed by atoms with Gasteiger partial charge in [-0.05, 0) is 172 Å². The van der Waals surface area contributed by atoms with Crippen LogP contribution in [0.2, 0.25) is 0 Å². The van der Waals surface area contributed by atoms with Crippen LogP contribution in [0.15, 0.2) is 362 Å². The molecule has 0 atom stereocenters. The van der Waals surface area contributed by atoms with E-state index in [2.05, 4.69) is 373 Å². The second-order valence-corrected chi connectivity index (χ2v) is 34.7. The van der Waals surface area contributed by atoms with Crippen molar-refractivity contribution in [3.05, 3.63) is 369 Å². The van der Waals surface area contributed by atoms with E-state index < -0.39 is 0 Å². The Morgan fingerprint density at radius 2 is 0.602 bits per heavy atom. The lowest BCUT2D eigenvalue weighted by molar-refractivity contribution is 0.662. The first-order chi connectivity index (χ1) is 55.8. The number of thiophene rings is 4. The highest BCUT2D eigenvalue weighted by molar-refractivity contribution is 7.27. The normalized spacial score (nSPS) is 12.8. The maximum Gasteiger partial charge on any atom is 0.135 e. The van der Waals surface area contributed by atoms with Gasteiger partial charge >= 0.3 is 0 Å². The highest BCUT2D eigenvalue weighted by atomic mass is 32.1. The van der Waals surface area contributed by atoms with E-state index in [0.717, 1.165) is 27.6 Å². The van der Waals surface area contributed by atoms with Crippen molar-refractivity contribution in [2.24, 2.45) is 0 Å². The summed E-state index contributed by atoms with van der Waals surface area (Å²) >= 11 is 7.53. The number of fused-ring (bicyclic) bond motifs is 30. The van der Waals surface area contributed by atoms with Gasteiger partial charge in [0, 0.05) is 146 Å². The van der Waals surface area contributed by atoms with Crippen LogP contribution in [0.3, 0.4) is 0 Å². The van der Waals surface area contributed by atoms with E-state index in [1.54, 1.807) is 0 Å². The second kappa shape index (κ2) is 24.9. The van der Waals surface area contributed by atoms with Gasteiger partial charge in [0.2, 0.25) is 0 Å². The summed E-state index contributed by atoms with van der Waals surface area (Å²) in [5.41, 5.74) is 23.5. The minimum absolute atomic E-state index is 0.0390. The van der Waals surface area contributed by atoms with E-state index in [1.165, 1.54) is 202 Å². The molecule has 0 fully saturated rings. The maximum atomic E-state index is 6.09. The molecule has 8 heterocycles. The molecular formula is C105H65N3OS4. The highest BCUT2D eigenvalue weighted by Crippen LogP contribution is 2.54. The van der Waals surface area contributed by atoms with Gasteiger partial charge in [0.25, 0.3) is 0 Å². The van der Waals surface area contributed by atoms with Crippen LogP contribution in [0, 0.1) is 0 Å². The maximum absolute atomic E-state index is 6.09. The molecule has 0 N–H and O–H groups in total. The number of furan rings is 1. The molecule has 4 nitrogen and oxygen atoms in total. The molecule has 0 unspecified atom stereocenters. The van der Waals surface area contributed by atoms with Crippen LogP contribution in [-0.2, 0) is 5.41 Å². The summed E-state index contributed by atoms with van der Waals surface area (Å²) in [5.74, 6) is 0. The Morgan fingerprint density at radius 3 is 1.13 bits per heavy atom. The van der Waals surface area contributed by atoms with Gasteiger partial charge in [-0.25, -0.2) is 0 Å². The Bertz CT molecular complexity index is 8290. The zero-order chi connectivity index (χ0) is 74.3. The molecule has 0 saturated heterocycles. The Kier molecular flexibility index (Phi) is 14.2. The molecule has 17 aromatic carbocycles. The van der Waals surface area contributed by atoms with Crippen molar-refractivity contribution >= 4 is 213 Å². The Hall–Kier alpha value is -13.2. The molecule has 0 bridgehead atoms. The van der Waals surface area contributed by atoms with Crippen molar-refractivity contribution in [1.29, 1.82) is 0 Å². The topological polar surface area (TPSA) is 27.9 Å². The summed E-state index contributed by atoms with van der Waals surface area (Å²) in [5, 5.41) is 21.0. The summed E-state index contributed by atoms with van der Waals surface area (Å²) in [6.45, 7) is 4.73. The van der Waals surface area contributed by atoms with Crippen LogP contribution in [0.5, 0.6) is 0 Å². The van der Waals surface area contributed by atoms with Crippen LogP contribution >= 0.6 is 45.3 Å². The van der Waals surface area contributed by atoms with E-state index in [4.69, 9.17) is 4.42 Å². The van der Waals surface area contributed by atoms with Crippen molar-refractivity contribution in [3.63, 3.8) is 0 Å². The van der Waals surface area contributed by atoms with Gasteiger partial charge in [0.1, 0.15) is 11.2 Å². The molecule has 530 valence electrons. The number of benzene rings is 17. The standard InChI is InChI=1S/C39H27NS.C36H21NS2.C30H17NOS/c1-39(2)31-15-6-3-10-27(31)28-14-9-13-26(38(28)39)24-18-20-25(21-19-24)40-32-16-7-4-11-29(32)36-33(40)22-23-35-37(36)30-12-5-8-17-34(30)41-35;1-4-13-29-27(9-1)34-30(20-21-33-35(34)28-10-3-6-15-32(28)38-33)37(29)23-18-16-22(17-19-23)24-11-7-12-26-25-8-2-5-14-31(25)39-36(24)26;1-4-10-23-20(8-1)29-24(14-16-28-30(29)21-9-3-6-12-27(21)33-28)31(23)18-13-15-26-22(17-18)19-7-2-5-11-25(19)32-26/h3-23H,1-2H3;1-21H;1-17H. The van der Waals surface area contributed by atoms with Gasteiger partial charge in [-0.2, -0.15) is 0 Å². The third-order valence-electron chi connectivity index (χ3n) is 24.0. The fourth-order valence-corrected chi connectivity index (χ4v) is 23.7. The molecule has 26 rings (SSSR count). The van der Waals surface area contributed by atoms with Crippen molar-refractivity contribution < 1.29 is 4.42 Å². The van der Waals surface area contributed by atoms with Crippen molar-refractivity contribution in [2.45, 2.75) is 19.3 Å².